The van der Waals surface area contributed by atoms with E-state index in [2.05, 4.69) is 22.2 Å². The lowest BCUT2D eigenvalue weighted by Crippen LogP contribution is -2.14. The van der Waals surface area contributed by atoms with Gasteiger partial charge in [0.05, 0.1) is 6.61 Å². The van der Waals surface area contributed by atoms with Crippen molar-refractivity contribution in [1.82, 2.24) is 9.97 Å². The summed E-state index contributed by atoms with van der Waals surface area (Å²) in [6.07, 6.45) is -1.88. The summed E-state index contributed by atoms with van der Waals surface area (Å²) >= 11 is 0. The molecule has 0 radical (unpaired) electrons. The minimum Gasteiger partial charge on any atom is -0.477 e. The van der Waals surface area contributed by atoms with Gasteiger partial charge in [-0.25, -0.2) is 4.98 Å². The van der Waals surface area contributed by atoms with Crippen molar-refractivity contribution in [2.45, 2.75) is 39.8 Å². The summed E-state index contributed by atoms with van der Waals surface area (Å²) in [5.41, 5.74) is 0.884. The highest BCUT2D eigenvalue weighted by Crippen LogP contribution is 2.35. The van der Waals surface area contributed by atoms with E-state index >= 15 is 0 Å². The highest BCUT2D eigenvalue weighted by molar-refractivity contribution is 5.55. The molecule has 1 N–H and O–H groups in total. The van der Waals surface area contributed by atoms with Crippen molar-refractivity contribution in [1.29, 1.82) is 0 Å². The number of alkyl halides is 3. The van der Waals surface area contributed by atoms with Gasteiger partial charge >= 0.3 is 6.18 Å². The molecule has 0 unspecified atom stereocenters. The standard InChI is InChI=1S/C18H22F3N3O/c1-4-6-13-7-5-8-14(9-13)23-17-22-10-15(18(19,20)21)16(24-17)25-11-12(2)3/h5,7-10,12H,4,6,11H2,1-3H3,(H,22,23,24). The fraction of sp³-hybridized carbons (Fsp3) is 0.444. The zero-order valence-electron chi connectivity index (χ0n) is 14.5. The zero-order chi connectivity index (χ0) is 18.4. The number of benzene rings is 1. The molecule has 0 amide bonds. The van der Waals surface area contributed by atoms with Gasteiger partial charge in [0.2, 0.25) is 11.8 Å². The summed E-state index contributed by atoms with van der Waals surface area (Å²) in [4.78, 5) is 7.70. The lowest BCUT2D eigenvalue weighted by atomic mass is 10.1. The third kappa shape index (κ3) is 5.62. The van der Waals surface area contributed by atoms with Crippen LogP contribution in [0.1, 0.15) is 38.3 Å². The van der Waals surface area contributed by atoms with Crippen LogP contribution >= 0.6 is 0 Å². The highest BCUT2D eigenvalue weighted by atomic mass is 19.4. The molecule has 1 heterocycles. The van der Waals surface area contributed by atoms with E-state index < -0.39 is 17.6 Å². The molecule has 0 atom stereocenters. The van der Waals surface area contributed by atoms with E-state index in [1.54, 1.807) is 0 Å². The van der Waals surface area contributed by atoms with Gasteiger partial charge in [0.15, 0.2) is 0 Å². The van der Waals surface area contributed by atoms with Crippen molar-refractivity contribution in [2.24, 2.45) is 5.92 Å². The van der Waals surface area contributed by atoms with Gasteiger partial charge in [-0.2, -0.15) is 18.2 Å². The summed E-state index contributed by atoms with van der Waals surface area (Å²) < 4.78 is 44.5. The lowest BCUT2D eigenvalue weighted by molar-refractivity contribution is -0.139. The molecule has 0 aliphatic rings. The Balaban J connectivity index is 2.26. The molecular formula is C18H22F3N3O. The van der Waals surface area contributed by atoms with Crippen LogP contribution in [0.3, 0.4) is 0 Å². The third-order valence-corrected chi connectivity index (χ3v) is 3.33. The Morgan fingerprint density at radius 3 is 2.64 bits per heavy atom. The predicted octanol–water partition coefficient (Wildman–Crippen LogP) is 5.23. The molecule has 0 fully saturated rings. The van der Waals surface area contributed by atoms with Crippen LogP contribution in [0.2, 0.25) is 0 Å². The quantitative estimate of drug-likeness (QED) is 0.741. The van der Waals surface area contributed by atoms with Gasteiger partial charge in [-0.05, 0) is 30.0 Å². The van der Waals surface area contributed by atoms with E-state index in [9.17, 15) is 13.2 Å². The Hall–Kier alpha value is -2.31. The molecule has 0 saturated heterocycles. The number of halogens is 3. The number of hydrogen-bond donors (Lipinski definition) is 1. The fourth-order valence-electron chi connectivity index (χ4n) is 2.20. The van der Waals surface area contributed by atoms with Gasteiger partial charge < -0.3 is 10.1 Å². The number of nitrogens with zero attached hydrogens (tertiary/aromatic N) is 2. The number of anilines is 2. The SMILES string of the molecule is CCCc1cccc(Nc2ncc(C(F)(F)F)c(OCC(C)C)n2)c1. The second kappa shape index (κ2) is 8.18. The normalized spacial score (nSPS) is 11.6. The lowest BCUT2D eigenvalue weighted by Gasteiger charge is -2.15. The fourth-order valence-corrected chi connectivity index (χ4v) is 2.20. The Morgan fingerprint density at radius 2 is 2.00 bits per heavy atom. The first-order valence-electron chi connectivity index (χ1n) is 8.22. The molecule has 0 aliphatic carbocycles. The van der Waals surface area contributed by atoms with Gasteiger partial charge in [-0.15, -0.1) is 0 Å². The largest absolute Gasteiger partial charge is 0.477 e. The minimum atomic E-state index is -4.56. The van der Waals surface area contributed by atoms with E-state index in [4.69, 9.17) is 4.74 Å². The van der Waals surface area contributed by atoms with E-state index in [-0.39, 0.29) is 18.5 Å². The molecular weight excluding hydrogens is 331 g/mol. The smallest absolute Gasteiger partial charge is 0.423 e. The number of ether oxygens (including phenoxy) is 1. The number of hydrogen-bond acceptors (Lipinski definition) is 4. The second-order valence-corrected chi connectivity index (χ2v) is 6.19. The van der Waals surface area contributed by atoms with Crippen LogP contribution in [0.5, 0.6) is 5.88 Å². The molecule has 2 aromatic rings. The van der Waals surface area contributed by atoms with Crippen LogP contribution in [-0.4, -0.2) is 16.6 Å². The maximum atomic E-state index is 13.1. The monoisotopic (exact) mass is 353 g/mol. The summed E-state index contributed by atoms with van der Waals surface area (Å²) in [7, 11) is 0. The molecule has 0 spiro atoms. The van der Waals surface area contributed by atoms with E-state index in [1.165, 1.54) is 0 Å². The van der Waals surface area contributed by atoms with Crippen molar-refractivity contribution in [3.63, 3.8) is 0 Å². The number of nitrogens with one attached hydrogen (secondary N) is 1. The van der Waals surface area contributed by atoms with Gasteiger partial charge in [-0.3, -0.25) is 0 Å². The highest BCUT2D eigenvalue weighted by Gasteiger charge is 2.36. The summed E-state index contributed by atoms with van der Waals surface area (Å²) in [6.45, 7) is 5.93. The maximum Gasteiger partial charge on any atom is 0.423 e. The second-order valence-electron chi connectivity index (χ2n) is 6.19. The molecule has 0 bridgehead atoms. The van der Waals surface area contributed by atoms with Gasteiger partial charge in [-0.1, -0.05) is 39.3 Å². The maximum absolute atomic E-state index is 13.1. The van der Waals surface area contributed by atoms with E-state index in [1.807, 2.05) is 38.1 Å². The molecule has 0 aliphatic heterocycles. The Bertz CT molecular complexity index is 702. The molecule has 136 valence electrons. The van der Waals surface area contributed by atoms with E-state index in [0.717, 1.165) is 30.3 Å². The van der Waals surface area contributed by atoms with Crippen LogP contribution in [0.15, 0.2) is 30.5 Å². The van der Waals surface area contributed by atoms with Crippen LogP contribution in [0.25, 0.3) is 0 Å². The number of rotatable bonds is 7. The molecule has 7 heteroatoms. The van der Waals surface area contributed by atoms with Gasteiger partial charge in [0, 0.05) is 11.9 Å². The average Bonchev–Trinajstić information content (AvgIpc) is 2.52. The van der Waals surface area contributed by atoms with Crippen LogP contribution in [-0.2, 0) is 12.6 Å². The molecule has 1 aromatic heterocycles. The van der Waals surface area contributed by atoms with Crippen molar-refractivity contribution in [3.8, 4) is 5.88 Å². The molecule has 25 heavy (non-hydrogen) atoms. The first-order valence-corrected chi connectivity index (χ1v) is 8.22. The van der Waals surface area contributed by atoms with Gasteiger partial charge in [0.1, 0.15) is 5.56 Å². The zero-order valence-corrected chi connectivity index (χ0v) is 14.5. The first-order chi connectivity index (χ1) is 11.8. The van der Waals surface area contributed by atoms with Crippen molar-refractivity contribution < 1.29 is 17.9 Å². The molecule has 0 saturated carbocycles. The summed E-state index contributed by atoms with van der Waals surface area (Å²) in [6, 6.07) is 7.63. The Kier molecular flexibility index (Phi) is 6.22. The van der Waals surface area contributed by atoms with Crippen LogP contribution < -0.4 is 10.1 Å². The van der Waals surface area contributed by atoms with E-state index in [0.29, 0.717) is 0 Å². The number of aromatic nitrogens is 2. The number of aryl methyl sites for hydroxylation is 1. The van der Waals surface area contributed by atoms with Crippen molar-refractivity contribution in [3.05, 3.63) is 41.6 Å². The van der Waals surface area contributed by atoms with Crippen molar-refractivity contribution >= 4 is 11.6 Å². The minimum absolute atomic E-state index is 0.0698. The summed E-state index contributed by atoms with van der Waals surface area (Å²) in [5.74, 6) is -0.304. The summed E-state index contributed by atoms with van der Waals surface area (Å²) in [5, 5.41) is 2.94. The predicted molar refractivity (Wildman–Crippen MR) is 91.1 cm³/mol. The van der Waals surface area contributed by atoms with Crippen LogP contribution in [0.4, 0.5) is 24.8 Å². The van der Waals surface area contributed by atoms with Crippen LogP contribution in [0, 0.1) is 5.92 Å². The Labute approximate surface area is 145 Å². The molecule has 2 rings (SSSR count). The Morgan fingerprint density at radius 1 is 1.24 bits per heavy atom. The molecule has 4 nitrogen and oxygen atoms in total. The first kappa shape index (κ1) is 19.0. The average molecular weight is 353 g/mol. The topological polar surface area (TPSA) is 47.0 Å². The van der Waals surface area contributed by atoms with Crippen molar-refractivity contribution in [2.75, 3.05) is 11.9 Å². The molecule has 1 aromatic carbocycles. The third-order valence-electron chi connectivity index (χ3n) is 3.33. The van der Waals surface area contributed by atoms with Gasteiger partial charge in [0.25, 0.3) is 0 Å².